The summed E-state index contributed by atoms with van der Waals surface area (Å²) in [6.45, 7) is 6.15. The first-order chi connectivity index (χ1) is 39.5. The molecule has 0 aliphatic heterocycles. The highest BCUT2D eigenvalue weighted by Crippen LogP contribution is 2.61. The van der Waals surface area contributed by atoms with Crippen molar-refractivity contribution in [3.8, 4) is 101 Å². The molecule has 2 aliphatic carbocycles. The maximum Gasteiger partial charge on any atom is 0.171 e. The Balaban J connectivity index is 0.887. The van der Waals surface area contributed by atoms with Crippen molar-refractivity contribution in [2.75, 3.05) is 0 Å². The third-order valence-corrected chi connectivity index (χ3v) is 16.9. The van der Waals surface area contributed by atoms with Gasteiger partial charge in [-0.1, -0.05) is 131 Å². The van der Waals surface area contributed by atoms with Crippen molar-refractivity contribution in [3.05, 3.63) is 232 Å². The van der Waals surface area contributed by atoms with Gasteiger partial charge in [-0.25, -0.2) is 52.7 Å². The lowest BCUT2D eigenvalue weighted by Crippen LogP contribution is -2.27. The van der Waals surface area contributed by atoms with E-state index < -0.39 is 153 Å². The minimum absolute atomic E-state index is 0.145. The van der Waals surface area contributed by atoms with Crippen LogP contribution in [0.15, 0.2) is 140 Å². The molecule has 7 aromatic carbocycles. The number of fused-ring (bicyclic) bond motifs is 6. The van der Waals surface area contributed by atoms with Crippen LogP contribution in [0.3, 0.4) is 0 Å². The van der Waals surface area contributed by atoms with Crippen molar-refractivity contribution >= 4 is 0 Å². The Morgan fingerprint density at radius 3 is 0.744 bits per heavy atom. The average Bonchev–Trinajstić information content (AvgIpc) is 3.59. The van der Waals surface area contributed by atoms with Crippen LogP contribution >= 0.6 is 0 Å². The van der Waals surface area contributed by atoms with Crippen molar-refractivity contribution in [3.63, 3.8) is 0 Å². The van der Waals surface area contributed by atoms with Crippen LogP contribution in [0.4, 0.5) is 52.7 Å². The number of rotatable bonds is 11. The molecule has 82 heavy (non-hydrogen) atoms. The number of nitrogens with zero attached hydrogens (tertiary/aromatic N) is 3. The number of benzene rings is 7. The van der Waals surface area contributed by atoms with E-state index in [4.69, 9.17) is 0 Å². The molecule has 15 heteroatoms. The average molecular weight is 1120 g/mol. The van der Waals surface area contributed by atoms with Gasteiger partial charge >= 0.3 is 0 Å². The van der Waals surface area contributed by atoms with Crippen molar-refractivity contribution in [1.29, 1.82) is 0 Å². The fraction of sp³-hybridized carbons (Fsp3) is 0.149. The van der Waals surface area contributed by atoms with E-state index in [1.54, 1.807) is 86.6 Å². The zero-order valence-corrected chi connectivity index (χ0v) is 44.0. The van der Waals surface area contributed by atoms with Crippen molar-refractivity contribution in [2.24, 2.45) is 0 Å². The van der Waals surface area contributed by atoms with Gasteiger partial charge in [0.05, 0.1) is 39.3 Å². The van der Waals surface area contributed by atoms with Crippen LogP contribution < -0.4 is 0 Å². The molecule has 12 rings (SSSR count). The van der Waals surface area contributed by atoms with Gasteiger partial charge in [0.1, 0.15) is 23.3 Å². The maximum atomic E-state index is 17.4. The monoisotopic (exact) mass is 1120 g/mol. The van der Waals surface area contributed by atoms with Gasteiger partial charge < -0.3 is 0 Å². The normalized spacial score (nSPS) is 13.5. The maximum absolute atomic E-state index is 17.4. The van der Waals surface area contributed by atoms with Gasteiger partial charge in [-0.2, -0.15) is 0 Å². The van der Waals surface area contributed by atoms with Crippen LogP contribution in [0.25, 0.3) is 101 Å². The highest BCUT2D eigenvalue weighted by Gasteiger charge is 2.53. The van der Waals surface area contributed by atoms with Gasteiger partial charge in [0.2, 0.25) is 0 Å². The van der Waals surface area contributed by atoms with Gasteiger partial charge in [0.15, 0.2) is 46.5 Å². The Morgan fingerprint density at radius 2 is 0.476 bits per heavy atom. The summed E-state index contributed by atoms with van der Waals surface area (Å²) in [5.74, 6) is -19.2. The summed E-state index contributed by atoms with van der Waals surface area (Å²) in [5.41, 5.74) is -11.1. The van der Waals surface area contributed by atoms with Crippen molar-refractivity contribution in [1.82, 2.24) is 15.0 Å². The second kappa shape index (κ2) is 20.0. The molecule has 0 bridgehead atoms. The van der Waals surface area contributed by atoms with E-state index in [0.717, 1.165) is 17.2 Å². The first kappa shape index (κ1) is 53.8. The Hall–Kier alpha value is -8.85. The first-order valence-corrected chi connectivity index (χ1v) is 26.4. The number of pyridine rings is 3. The van der Waals surface area contributed by atoms with Gasteiger partial charge in [0.25, 0.3) is 0 Å². The molecule has 0 amide bonds. The highest BCUT2D eigenvalue weighted by molar-refractivity contribution is 5.90. The Labute approximate surface area is 462 Å². The number of hydrogen-bond acceptors (Lipinski definition) is 3. The zero-order valence-electron chi connectivity index (χ0n) is 44.0. The van der Waals surface area contributed by atoms with Crippen LogP contribution in [-0.4, -0.2) is 15.0 Å². The largest absolute Gasteiger partial charge is 0.255 e. The molecule has 0 fully saturated rings. The molecule has 0 saturated heterocycles. The molecule has 0 spiro atoms. The van der Waals surface area contributed by atoms with E-state index in [2.05, 4.69) is 15.0 Å². The molecule has 0 atom stereocenters. The zero-order chi connectivity index (χ0) is 57.8. The predicted molar refractivity (Wildman–Crippen MR) is 291 cm³/mol. The predicted octanol–water partition coefficient (Wildman–Crippen LogP) is 19.4. The molecule has 2 aliphatic rings. The second-order valence-electron chi connectivity index (χ2n) is 20.5. The molecule has 3 nitrogen and oxygen atoms in total. The highest BCUT2D eigenvalue weighted by atomic mass is 19.2. The molecular formula is C67H43F12N3. The quantitative estimate of drug-likeness (QED) is 0.0957. The van der Waals surface area contributed by atoms with E-state index in [0.29, 0.717) is 16.7 Å². The van der Waals surface area contributed by atoms with Gasteiger partial charge in [0, 0.05) is 90.6 Å². The molecular weight excluding hydrogens is 1070 g/mol. The Morgan fingerprint density at radius 1 is 0.244 bits per heavy atom. The Bertz CT molecular complexity index is 3960. The third kappa shape index (κ3) is 7.56. The fourth-order valence-electron chi connectivity index (χ4n) is 12.7. The molecule has 0 N–H and O–H groups in total. The van der Waals surface area contributed by atoms with Crippen molar-refractivity contribution in [2.45, 2.75) is 64.2 Å². The SMILES string of the molecule is CCC1(CC)c2c(F)c(-c3ccc(-c4ccc(-c5c(F)c(F)c6c(c5F)C(CC)(CC)c5c(F)c(-c7ccc(-c8ccccc8)cn7)c(F)c(F)c5-6)nc4)cc3)c(F)c(F)c2-c2c(F)c(F)c(-c3ccc(-c4ccccc4)cn3)c(F)c21. The third-order valence-electron chi connectivity index (χ3n) is 16.9. The van der Waals surface area contributed by atoms with Crippen LogP contribution in [0.5, 0.6) is 0 Å². The second-order valence-corrected chi connectivity index (χ2v) is 20.5. The van der Waals surface area contributed by atoms with E-state index in [1.807, 2.05) is 0 Å². The van der Waals surface area contributed by atoms with E-state index in [9.17, 15) is 0 Å². The summed E-state index contributed by atoms with van der Waals surface area (Å²) in [6, 6.07) is 31.4. The van der Waals surface area contributed by atoms with Crippen molar-refractivity contribution < 1.29 is 52.7 Å². The first-order valence-electron chi connectivity index (χ1n) is 26.4. The van der Waals surface area contributed by atoms with Crippen LogP contribution in [0.2, 0.25) is 0 Å². The van der Waals surface area contributed by atoms with E-state index in [-0.39, 0.29) is 48.2 Å². The smallest absolute Gasteiger partial charge is 0.171 e. The van der Waals surface area contributed by atoms with Gasteiger partial charge in [-0.15, -0.1) is 0 Å². The number of aromatic nitrogens is 3. The lowest BCUT2D eigenvalue weighted by molar-refractivity contribution is 0.426. The van der Waals surface area contributed by atoms with Crippen LogP contribution in [-0.2, 0) is 10.8 Å². The molecule has 0 radical (unpaired) electrons. The molecule has 10 aromatic rings. The summed E-state index contributed by atoms with van der Waals surface area (Å²) >= 11 is 0. The summed E-state index contributed by atoms with van der Waals surface area (Å²) in [7, 11) is 0. The molecule has 3 heterocycles. The lowest BCUT2D eigenvalue weighted by Gasteiger charge is -2.31. The minimum Gasteiger partial charge on any atom is -0.255 e. The lowest BCUT2D eigenvalue weighted by atomic mass is 9.72. The van der Waals surface area contributed by atoms with Gasteiger partial charge in [-0.3, -0.25) is 15.0 Å². The summed E-state index contributed by atoms with van der Waals surface area (Å²) in [5, 5.41) is 0. The summed E-state index contributed by atoms with van der Waals surface area (Å²) < 4.78 is 201. The minimum atomic E-state index is -1.83. The summed E-state index contributed by atoms with van der Waals surface area (Å²) in [6.07, 6.45) is 3.27. The topological polar surface area (TPSA) is 38.7 Å². The standard InChI is InChI=1S/C67H43F12N3/c1-5-66(6-2)50-46(47-51(66)55(69)43(59(73)63(47)77)39-26-23-36(29-80-39)32-15-11-9-12-16-32)62(76)58(72)42(54(50)68)35-21-19-34(20-22-35)38-25-28-41(82-31-38)45-57(71)53-49(65(79)61(45)75)48-52(67(53,7-3)8-4)56(70)44(60(74)64(48)78)40-27-24-37(30-81-40)33-17-13-10-14-18-33/h9-31H,5-8H2,1-4H3. The van der Waals surface area contributed by atoms with E-state index >= 15 is 52.7 Å². The van der Waals surface area contributed by atoms with Crippen LogP contribution in [0, 0.1) is 69.8 Å². The number of halogens is 12. The van der Waals surface area contributed by atoms with Crippen LogP contribution in [0.1, 0.15) is 75.6 Å². The fourth-order valence-corrected chi connectivity index (χ4v) is 12.7. The molecule has 410 valence electrons. The van der Waals surface area contributed by atoms with E-state index in [1.165, 1.54) is 74.9 Å². The number of hydrogen-bond donors (Lipinski definition) is 0. The Kier molecular flexibility index (Phi) is 13.1. The molecule has 0 saturated carbocycles. The molecule has 0 unspecified atom stereocenters. The summed E-state index contributed by atoms with van der Waals surface area (Å²) in [4.78, 5) is 12.7. The molecule has 3 aromatic heterocycles. The van der Waals surface area contributed by atoms with Gasteiger partial charge in [-0.05, 0) is 66.1 Å².